The van der Waals surface area contributed by atoms with Crippen LogP contribution < -0.4 is 0 Å². The standard InChI is InChI=1S/C8H10S2.2C4H6O2/c1-5-3-4-7(9)8(10)6(5)2;2*1-3(2)4(5)6/h3-4,9-10H,1-2H3;2*1H2,2H3,(H,5,6). The van der Waals surface area contributed by atoms with Gasteiger partial charge in [0, 0.05) is 20.9 Å². The second-order valence-corrected chi connectivity index (χ2v) is 5.48. The monoisotopic (exact) mass is 342 g/mol. The van der Waals surface area contributed by atoms with Gasteiger partial charge < -0.3 is 10.2 Å². The molecule has 0 radical (unpaired) electrons. The van der Waals surface area contributed by atoms with Gasteiger partial charge in [0.05, 0.1) is 0 Å². The summed E-state index contributed by atoms with van der Waals surface area (Å²) >= 11 is 8.54. The number of benzene rings is 1. The van der Waals surface area contributed by atoms with Crippen molar-refractivity contribution in [2.75, 3.05) is 0 Å². The van der Waals surface area contributed by atoms with Gasteiger partial charge in [0.1, 0.15) is 0 Å². The average molecular weight is 342 g/mol. The van der Waals surface area contributed by atoms with Crippen molar-refractivity contribution < 1.29 is 19.8 Å². The maximum absolute atomic E-state index is 9.60. The van der Waals surface area contributed by atoms with E-state index in [1.165, 1.54) is 25.0 Å². The fourth-order valence-electron chi connectivity index (χ4n) is 0.787. The van der Waals surface area contributed by atoms with E-state index in [9.17, 15) is 9.59 Å². The molecule has 0 aromatic heterocycles. The molecule has 0 amide bonds. The van der Waals surface area contributed by atoms with Gasteiger partial charge in [0.2, 0.25) is 0 Å². The van der Waals surface area contributed by atoms with Gasteiger partial charge in [-0.05, 0) is 44.9 Å². The molecule has 0 atom stereocenters. The second kappa shape index (κ2) is 11.0. The molecule has 2 N–H and O–H groups in total. The number of thiol groups is 2. The van der Waals surface area contributed by atoms with E-state index in [2.05, 4.69) is 58.3 Å². The molecule has 0 saturated heterocycles. The number of rotatable bonds is 2. The Balaban J connectivity index is 0. The molecule has 0 fully saturated rings. The Bertz CT molecular complexity index is 503. The van der Waals surface area contributed by atoms with Crippen LogP contribution in [0.4, 0.5) is 0 Å². The molecule has 0 aliphatic rings. The van der Waals surface area contributed by atoms with Crippen LogP contribution in [-0.4, -0.2) is 22.2 Å². The molecular formula is C16H22O4S2. The normalized spacial score (nSPS) is 8.64. The van der Waals surface area contributed by atoms with E-state index >= 15 is 0 Å². The van der Waals surface area contributed by atoms with Crippen LogP contribution in [0.1, 0.15) is 25.0 Å². The summed E-state index contributed by atoms with van der Waals surface area (Å²) in [6.45, 7) is 13.3. The van der Waals surface area contributed by atoms with E-state index in [-0.39, 0.29) is 11.1 Å². The second-order valence-electron chi connectivity index (χ2n) is 4.55. The first-order valence-corrected chi connectivity index (χ1v) is 7.06. The minimum absolute atomic E-state index is 0.176. The van der Waals surface area contributed by atoms with Crippen molar-refractivity contribution in [3.8, 4) is 0 Å². The Morgan fingerprint density at radius 2 is 1.27 bits per heavy atom. The third-order valence-electron chi connectivity index (χ3n) is 2.41. The lowest BCUT2D eigenvalue weighted by atomic mass is 10.1. The minimum Gasteiger partial charge on any atom is -0.478 e. The highest BCUT2D eigenvalue weighted by Crippen LogP contribution is 2.23. The SMILES string of the molecule is C=C(C)C(=O)O.C=C(C)C(=O)O.Cc1ccc(S)c(S)c1C. The van der Waals surface area contributed by atoms with Gasteiger partial charge in [-0.15, -0.1) is 25.3 Å². The molecule has 4 nitrogen and oxygen atoms in total. The largest absolute Gasteiger partial charge is 0.478 e. The Hall–Kier alpha value is -1.66. The van der Waals surface area contributed by atoms with E-state index in [1.54, 1.807) is 0 Å². The first-order chi connectivity index (χ1) is 9.91. The fraction of sp³-hybridized carbons (Fsp3) is 0.250. The van der Waals surface area contributed by atoms with Crippen molar-refractivity contribution in [2.24, 2.45) is 0 Å². The highest BCUT2D eigenvalue weighted by molar-refractivity contribution is 7.83. The van der Waals surface area contributed by atoms with Gasteiger partial charge in [-0.1, -0.05) is 19.2 Å². The lowest BCUT2D eigenvalue weighted by Gasteiger charge is -2.04. The molecule has 1 aromatic rings. The molecule has 6 heteroatoms. The number of aryl methyl sites for hydroxylation is 1. The highest BCUT2D eigenvalue weighted by Gasteiger charge is 1.99. The van der Waals surface area contributed by atoms with Crippen LogP contribution in [0, 0.1) is 13.8 Å². The zero-order chi connectivity index (χ0) is 18.0. The summed E-state index contributed by atoms with van der Waals surface area (Å²) < 4.78 is 0. The highest BCUT2D eigenvalue weighted by atomic mass is 32.1. The van der Waals surface area contributed by atoms with Crippen molar-refractivity contribution in [3.05, 3.63) is 47.6 Å². The summed E-state index contributed by atoms with van der Waals surface area (Å²) in [7, 11) is 0. The number of aliphatic carboxylic acids is 2. The zero-order valence-electron chi connectivity index (χ0n) is 13.2. The van der Waals surface area contributed by atoms with Gasteiger partial charge in [-0.25, -0.2) is 9.59 Å². The van der Waals surface area contributed by atoms with Gasteiger partial charge in [-0.2, -0.15) is 0 Å². The van der Waals surface area contributed by atoms with Gasteiger partial charge in [0.15, 0.2) is 0 Å². The number of carboxylic acids is 2. The molecule has 0 aliphatic carbocycles. The maximum Gasteiger partial charge on any atom is 0.330 e. The summed E-state index contributed by atoms with van der Waals surface area (Å²) in [5.41, 5.74) is 2.84. The molecule has 0 unspecified atom stereocenters. The van der Waals surface area contributed by atoms with Crippen molar-refractivity contribution in [1.82, 2.24) is 0 Å². The summed E-state index contributed by atoms with van der Waals surface area (Å²) in [6, 6.07) is 4.02. The van der Waals surface area contributed by atoms with Crippen LogP contribution in [0.15, 0.2) is 46.2 Å². The Morgan fingerprint density at radius 1 is 0.955 bits per heavy atom. The first-order valence-electron chi connectivity index (χ1n) is 6.17. The molecule has 122 valence electrons. The molecule has 22 heavy (non-hydrogen) atoms. The fourth-order valence-corrected chi connectivity index (χ4v) is 1.28. The van der Waals surface area contributed by atoms with Crippen LogP contribution in [0.3, 0.4) is 0 Å². The van der Waals surface area contributed by atoms with E-state index < -0.39 is 11.9 Å². The first kappa shape index (κ1) is 22.6. The zero-order valence-corrected chi connectivity index (χ0v) is 15.0. The Morgan fingerprint density at radius 3 is 1.50 bits per heavy atom. The van der Waals surface area contributed by atoms with Gasteiger partial charge in [-0.3, -0.25) is 0 Å². The summed E-state index contributed by atoms with van der Waals surface area (Å²) in [4.78, 5) is 21.1. The molecule has 1 aromatic carbocycles. The lowest BCUT2D eigenvalue weighted by molar-refractivity contribution is -0.133. The van der Waals surface area contributed by atoms with Gasteiger partial charge >= 0.3 is 11.9 Å². The predicted octanol–water partition coefficient (Wildman–Crippen LogP) is 4.18. The van der Waals surface area contributed by atoms with E-state index in [0.717, 1.165) is 9.79 Å². The van der Waals surface area contributed by atoms with Crippen LogP contribution in [0.5, 0.6) is 0 Å². The molecule has 0 saturated carbocycles. The number of carbonyl (C=O) groups is 2. The minimum atomic E-state index is -0.935. The molecule has 0 bridgehead atoms. The van der Waals surface area contributed by atoms with Crippen LogP contribution in [-0.2, 0) is 9.59 Å². The number of hydrogen-bond acceptors (Lipinski definition) is 4. The Labute approximate surface area is 142 Å². The van der Waals surface area contributed by atoms with Gasteiger partial charge in [0.25, 0.3) is 0 Å². The predicted molar refractivity (Wildman–Crippen MR) is 95.3 cm³/mol. The number of hydrogen-bond donors (Lipinski definition) is 4. The summed E-state index contributed by atoms with van der Waals surface area (Å²) in [6.07, 6.45) is 0. The summed E-state index contributed by atoms with van der Waals surface area (Å²) in [5.74, 6) is -1.87. The van der Waals surface area contributed by atoms with Crippen LogP contribution >= 0.6 is 25.3 Å². The van der Waals surface area contributed by atoms with Crippen molar-refractivity contribution >= 4 is 37.2 Å². The third kappa shape index (κ3) is 10.1. The third-order valence-corrected chi connectivity index (χ3v) is 3.54. The molecule has 0 aliphatic heterocycles. The van der Waals surface area contributed by atoms with E-state index in [1.807, 2.05) is 6.07 Å². The smallest absolute Gasteiger partial charge is 0.330 e. The lowest BCUT2D eigenvalue weighted by Crippen LogP contribution is -1.92. The van der Waals surface area contributed by atoms with E-state index in [4.69, 9.17) is 10.2 Å². The van der Waals surface area contributed by atoms with Crippen molar-refractivity contribution in [1.29, 1.82) is 0 Å². The van der Waals surface area contributed by atoms with Crippen LogP contribution in [0.25, 0.3) is 0 Å². The van der Waals surface area contributed by atoms with Crippen molar-refractivity contribution in [2.45, 2.75) is 37.5 Å². The molecule has 0 heterocycles. The van der Waals surface area contributed by atoms with Crippen molar-refractivity contribution in [3.63, 3.8) is 0 Å². The quantitative estimate of drug-likeness (QED) is 0.480. The van der Waals surface area contributed by atoms with E-state index in [0.29, 0.717) is 0 Å². The number of carboxylic acid groups (broad SMARTS) is 2. The maximum atomic E-state index is 9.60. The average Bonchev–Trinajstić information content (AvgIpc) is 2.42. The topological polar surface area (TPSA) is 74.6 Å². The molecule has 0 spiro atoms. The Kier molecular flexibility index (Phi) is 11.3. The summed E-state index contributed by atoms with van der Waals surface area (Å²) in [5, 5.41) is 15.8. The van der Waals surface area contributed by atoms with Crippen LogP contribution in [0.2, 0.25) is 0 Å². The molecular weight excluding hydrogens is 320 g/mol. The molecule has 1 rings (SSSR count).